The lowest BCUT2D eigenvalue weighted by Crippen LogP contribution is -2.44. The van der Waals surface area contributed by atoms with Crippen LogP contribution >= 0.6 is 11.6 Å². The molecule has 0 bridgehead atoms. The number of nitrogens with one attached hydrogen (secondary N) is 2. The summed E-state index contributed by atoms with van der Waals surface area (Å²) in [7, 11) is 0. The molecule has 2 amide bonds. The molecule has 0 atom stereocenters. The van der Waals surface area contributed by atoms with Gasteiger partial charge in [-0.3, -0.25) is 9.69 Å². The minimum absolute atomic E-state index is 0.0582. The first-order valence-corrected chi connectivity index (χ1v) is 10.4. The van der Waals surface area contributed by atoms with Crippen LogP contribution in [0.2, 0.25) is 5.15 Å². The van der Waals surface area contributed by atoms with Gasteiger partial charge >= 0.3 is 6.09 Å². The van der Waals surface area contributed by atoms with Gasteiger partial charge in [-0.2, -0.15) is 0 Å². The van der Waals surface area contributed by atoms with E-state index in [9.17, 15) is 9.59 Å². The highest BCUT2D eigenvalue weighted by Gasteiger charge is 2.22. The number of hydrogen-bond acceptors (Lipinski definition) is 6. The molecular formula is C19H28ClN5O4. The van der Waals surface area contributed by atoms with Gasteiger partial charge in [-0.25, -0.2) is 9.78 Å². The molecule has 160 valence electrons. The summed E-state index contributed by atoms with van der Waals surface area (Å²) in [4.78, 5) is 32.0. The van der Waals surface area contributed by atoms with Crippen LogP contribution in [0.25, 0.3) is 0 Å². The van der Waals surface area contributed by atoms with Crippen molar-refractivity contribution in [3.8, 4) is 0 Å². The van der Waals surface area contributed by atoms with Crippen LogP contribution in [0.1, 0.15) is 29.6 Å². The third-order valence-corrected chi connectivity index (χ3v) is 5.42. The summed E-state index contributed by atoms with van der Waals surface area (Å²) >= 11 is 6.15. The van der Waals surface area contributed by atoms with E-state index in [1.54, 1.807) is 12.1 Å². The van der Waals surface area contributed by atoms with E-state index in [2.05, 4.69) is 20.5 Å². The van der Waals surface area contributed by atoms with E-state index in [-0.39, 0.29) is 17.1 Å². The topological polar surface area (TPSA) is 107 Å². The van der Waals surface area contributed by atoms with Gasteiger partial charge < -0.3 is 25.4 Å². The number of carbonyl (C=O) groups excluding carboxylic acids is 1. The van der Waals surface area contributed by atoms with Crippen LogP contribution in [0.5, 0.6) is 0 Å². The lowest BCUT2D eigenvalue weighted by atomic mass is 10.1. The first-order chi connectivity index (χ1) is 14.0. The highest BCUT2D eigenvalue weighted by molar-refractivity contribution is 6.29. The van der Waals surface area contributed by atoms with Gasteiger partial charge in [0.1, 0.15) is 11.0 Å². The molecule has 9 nitrogen and oxygen atoms in total. The zero-order valence-electron chi connectivity index (χ0n) is 16.4. The molecule has 2 aliphatic heterocycles. The Morgan fingerprint density at radius 1 is 1.21 bits per heavy atom. The van der Waals surface area contributed by atoms with E-state index >= 15 is 0 Å². The molecule has 1 aromatic rings. The third-order valence-electron chi connectivity index (χ3n) is 5.23. The van der Waals surface area contributed by atoms with Gasteiger partial charge in [0.05, 0.1) is 13.2 Å². The molecule has 2 saturated heterocycles. The molecule has 3 N–H and O–H groups in total. The van der Waals surface area contributed by atoms with E-state index in [1.807, 2.05) is 4.90 Å². The summed E-state index contributed by atoms with van der Waals surface area (Å²) in [6.45, 7) is 6.26. The molecule has 0 aliphatic carbocycles. The quantitative estimate of drug-likeness (QED) is 0.448. The lowest BCUT2D eigenvalue weighted by molar-refractivity contribution is 0.0374. The molecule has 0 radical (unpaired) electrons. The number of hydrogen-bond donors (Lipinski definition) is 3. The molecule has 2 fully saturated rings. The molecule has 0 aromatic carbocycles. The van der Waals surface area contributed by atoms with Crippen molar-refractivity contribution in [1.82, 2.24) is 20.5 Å². The number of morpholine rings is 1. The van der Waals surface area contributed by atoms with E-state index < -0.39 is 6.09 Å². The predicted molar refractivity (Wildman–Crippen MR) is 110 cm³/mol. The summed E-state index contributed by atoms with van der Waals surface area (Å²) in [5.41, 5.74) is 0.483. The van der Waals surface area contributed by atoms with Crippen LogP contribution in [-0.4, -0.2) is 85.5 Å². The van der Waals surface area contributed by atoms with Crippen molar-refractivity contribution < 1.29 is 19.4 Å². The number of anilines is 1. The number of carboxylic acid groups (broad SMARTS) is 1. The number of amides is 2. The zero-order valence-corrected chi connectivity index (χ0v) is 17.2. The Hall–Kier alpha value is -2.10. The van der Waals surface area contributed by atoms with Crippen molar-refractivity contribution in [3.05, 3.63) is 22.8 Å². The van der Waals surface area contributed by atoms with Gasteiger partial charge in [0.25, 0.3) is 5.91 Å². The fourth-order valence-electron chi connectivity index (χ4n) is 3.64. The SMILES string of the molecule is O=C(O)NC1CCN(c2cc(C(=O)NCCCN3CCOCC3)cc(Cl)n2)CC1. The summed E-state index contributed by atoms with van der Waals surface area (Å²) in [5.74, 6) is 0.477. The minimum Gasteiger partial charge on any atom is -0.465 e. The van der Waals surface area contributed by atoms with Crippen LogP contribution in [0.3, 0.4) is 0 Å². The van der Waals surface area contributed by atoms with Crippen LogP contribution in [-0.2, 0) is 4.74 Å². The molecule has 3 heterocycles. The average Bonchev–Trinajstić information content (AvgIpc) is 2.71. The zero-order chi connectivity index (χ0) is 20.6. The maximum atomic E-state index is 12.5. The second-order valence-corrected chi connectivity index (χ2v) is 7.70. The van der Waals surface area contributed by atoms with Crippen LogP contribution < -0.4 is 15.5 Å². The number of piperidine rings is 1. The highest BCUT2D eigenvalue weighted by atomic mass is 35.5. The Morgan fingerprint density at radius 2 is 1.93 bits per heavy atom. The molecule has 0 spiro atoms. The maximum Gasteiger partial charge on any atom is 0.404 e. The highest BCUT2D eigenvalue weighted by Crippen LogP contribution is 2.22. The fourth-order valence-corrected chi connectivity index (χ4v) is 3.84. The van der Waals surface area contributed by atoms with Gasteiger partial charge in [-0.1, -0.05) is 11.6 Å². The monoisotopic (exact) mass is 425 g/mol. The van der Waals surface area contributed by atoms with Crippen LogP contribution in [0.4, 0.5) is 10.6 Å². The molecule has 1 aromatic heterocycles. The first-order valence-electron chi connectivity index (χ1n) is 10.0. The molecule has 3 rings (SSSR count). The standard InChI is InChI=1S/C19H28ClN5O4/c20-16-12-14(18(26)21-4-1-5-24-8-10-29-11-9-24)13-17(23-16)25-6-2-15(3-7-25)22-19(27)28/h12-13,15,22H,1-11H2,(H,21,26)(H,27,28). The number of aromatic nitrogens is 1. The molecule has 0 unspecified atom stereocenters. The Balaban J connectivity index is 1.49. The summed E-state index contributed by atoms with van der Waals surface area (Å²) < 4.78 is 5.33. The molecule has 29 heavy (non-hydrogen) atoms. The second kappa shape index (κ2) is 10.6. The van der Waals surface area contributed by atoms with Gasteiger partial charge in [-0.05, 0) is 37.9 Å². The van der Waals surface area contributed by atoms with Crippen molar-refractivity contribution >= 4 is 29.4 Å². The van der Waals surface area contributed by atoms with Gasteiger partial charge in [-0.15, -0.1) is 0 Å². The largest absolute Gasteiger partial charge is 0.465 e. The second-order valence-electron chi connectivity index (χ2n) is 7.31. The summed E-state index contributed by atoms with van der Waals surface area (Å²) in [6.07, 6.45) is 1.24. The number of ether oxygens (including phenoxy) is 1. The Bertz CT molecular complexity index is 706. The van der Waals surface area contributed by atoms with Crippen molar-refractivity contribution in [2.45, 2.75) is 25.3 Å². The predicted octanol–water partition coefficient (Wildman–Crippen LogP) is 1.42. The smallest absolute Gasteiger partial charge is 0.404 e. The molecule has 10 heteroatoms. The summed E-state index contributed by atoms with van der Waals surface area (Å²) in [6, 6.07) is 3.26. The average molecular weight is 426 g/mol. The Morgan fingerprint density at radius 3 is 2.62 bits per heavy atom. The van der Waals surface area contributed by atoms with Crippen molar-refractivity contribution in [2.75, 3.05) is 57.4 Å². The minimum atomic E-state index is -1.00. The lowest BCUT2D eigenvalue weighted by Gasteiger charge is -2.32. The molecular weight excluding hydrogens is 398 g/mol. The normalized spacial score (nSPS) is 18.4. The molecule has 2 aliphatic rings. The van der Waals surface area contributed by atoms with Crippen LogP contribution in [0.15, 0.2) is 12.1 Å². The Labute approximate surface area is 175 Å². The van der Waals surface area contributed by atoms with E-state index in [0.717, 1.165) is 39.3 Å². The number of rotatable bonds is 7. The van der Waals surface area contributed by atoms with Gasteiger partial charge in [0.15, 0.2) is 0 Å². The number of halogens is 1. The first kappa shape index (κ1) is 21.6. The van der Waals surface area contributed by atoms with Gasteiger partial charge in [0, 0.05) is 44.3 Å². The van der Waals surface area contributed by atoms with E-state index in [4.69, 9.17) is 21.4 Å². The Kier molecular flexibility index (Phi) is 7.91. The number of nitrogens with zero attached hydrogens (tertiary/aromatic N) is 3. The van der Waals surface area contributed by atoms with E-state index in [1.165, 1.54) is 0 Å². The van der Waals surface area contributed by atoms with Crippen molar-refractivity contribution in [3.63, 3.8) is 0 Å². The number of carbonyl (C=O) groups is 2. The maximum absolute atomic E-state index is 12.5. The van der Waals surface area contributed by atoms with Crippen LogP contribution in [0, 0.1) is 0 Å². The third kappa shape index (κ3) is 6.73. The van der Waals surface area contributed by atoms with Crippen molar-refractivity contribution in [2.24, 2.45) is 0 Å². The van der Waals surface area contributed by atoms with E-state index in [0.29, 0.717) is 43.9 Å². The van der Waals surface area contributed by atoms with Crippen molar-refractivity contribution in [1.29, 1.82) is 0 Å². The number of pyridine rings is 1. The summed E-state index contributed by atoms with van der Waals surface area (Å²) in [5, 5.41) is 14.6. The van der Waals surface area contributed by atoms with Gasteiger partial charge in [0.2, 0.25) is 0 Å². The molecule has 0 saturated carbocycles. The fraction of sp³-hybridized carbons (Fsp3) is 0.632.